The minimum atomic E-state index is -0.836. The van der Waals surface area contributed by atoms with Crippen molar-refractivity contribution in [1.82, 2.24) is 0 Å². The summed E-state index contributed by atoms with van der Waals surface area (Å²) in [4.78, 5) is 0. The van der Waals surface area contributed by atoms with Crippen molar-refractivity contribution in [3.8, 4) is 23.0 Å². The molecule has 1 aliphatic carbocycles. The van der Waals surface area contributed by atoms with Crippen molar-refractivity contribution in [2.75, 3.05) is 11.5 Å². The van der Waals surface area contributed by atoms with Crippen molar-refractivity contribution in [1.29, 1.82) is 0 Å². The predicted octanol–water partition coefficient (Wildman–Crippen LogP) is 4.46. The molecule has 0 amide bonds. The number of aromatic hydroxyl groups is 2. The molecule has 0 radical (unpaired) electrons. The fourth-order valence-electron chi connectivity index (χ4n) is 3.36. The van der Waals surface area contributed by atoms with Gasteiger partial charge in [0, 0.05) is 12.1 Å². The van der Waals surface area contributed by atoms with E-state index in [2.05, 4.69) is 0 Å². The zero-order valence-electron chi connectivity index (χ0n) is 16.2. The van der Waals surface area contributed by atoms with E-state index in [1.165, 1.54) is 12.1 Å². The summed E-state index contributed by atoms with van der Waals surface area (Å²) in [5, 5.41) is 19.4. The molecule has 1 aliphatic rings. The van der Waals surface area contributed by atoms with Crippen LogP contribution in [-0.4, -0.2) is 10.2 Å². The van der Waals surface area contributed by atoms with Gasteiger partial charge in [0.2, 0.25) is 0 Å². The molecule has 0 heterocycles. The van der Waals surface area contributed by atoms with Crippen molar-refractivity contribution in [3.05, 3.63) is 96.3 Å². The van der Waals surface area contributed by atoms with E-state index in [1.807, 2.05) is 48.6 Å². The minimum Gasteiger partial charge on any atom is -0.506 e. The highest BCUT2D eigenvalue weighted by Gasteiger charge is 2.35. The number of allylic oxidation sites excluding steroid dienone is 2. The number of benzene rings is 3. The van der Waals surface area contributed by atoms with Gasteiger partial charge in [0.15, 0.2) is 5.60 Å². The van der Waals surface area contributed by atoms with E-state index in [0.717, 1.165) is 5.56 Å². The number of phenols is 2. The van der Waals surface area contributed by atoms with Crippen LogP contribution in [0.3, 0.4) is 0 Å². The molecule has 0 fully saturated rings. The van der Waals surface area contributed by atoms with E-state index in [1.54, 1.807) is 24.3 Å². The number of anilines is 2. The van der Waals surface area contributed by atoms with E-state index in [4.69, 9.17) is 20.9 Å². The van der Waals surface area contributed by atoms with Crippen LogP contribution in [0.4, 0.5) is 11.4 Å². The molecule has 0 saturated heterocycles. The van der Waals surface area contributed by atoms with Gasteiger partial charge in [-0.15, -0.1) is 0 Å². The van der Waals surface area contributed by atoms with Crippen molar-refractivity contribution >= 4 is 11.4 Å². The van der Waals surface area contributed by atoms with Crippen LogP contribution in [0, 0.1) is 0 Å². The monoisotopic (exact) mass is 402 g/mol. The molecule has 6 N–H and O–H groups in total. The van der Waals surface area contributed by atoms with E-state index >= 15 is 0 Å². The Kier molecular flexibility index (Phi) is 4.98. The summed E-state index contributed by atoms with van der Waals surface area (Å²) < 4.78 is 12.4. The van der Waals surface area contributed by atoms with E-state index in [0.29, 0.717) is 23.7 Å². The molecule has 3 aromatic carbocycles. The van der Waals surface area contributed by atoms with Gasteiger partial charge in [0.1, 0.15) is 28.8 Å². The molecule has 0 spiro atoms. The summed E-state index contributed by atoms with van der Waals surface area (Å²) in [6, 6.07) is 19.3. The van der Waals surface area contributed by atoms with Gasteiger partial charge in [0.05, 0.1) is 17.8 Å². The Balaban J connectivity index is 1.66. The van der Waals surface area contributed by atoms with E-state index in [9.17, 15) is 10.2 Å². The molecule has 1 unspecified atom stereocenters. The summed E-state index contributed by atoms with van der Waals surface area (Å²) in [7, 11) is 0. The molecule has 0 saturated carbocycles. The molecule has 6 nitrogen and oxygen atoms in total. The summed E-state index contributed by atoms with van der Waals surface area (Å²) in [5.74, 6) is 1.71. The van der Waals surface area contributed by atoms with Crippen LogP contribution in [0.5, 0.6) is 23.0 Å². The fraction of sp³-hybridized carbons (Fsp3) is 0.0833. The van der Waals surface area contributed by atoms with E-state index in [-0.39, 0.29) is 22.9 Å². The third-order valence-corrected chi connectivity index (χ3v) is 4.89. The molecule has 30 heavy (non-hydrogen) atoms. The maximum Gasteiger partial charge on any atom is 0.159 e. The second kappa shape index (κ2) is 7.75. The molecule has 6 heteroatoms. The summed E-state index contributed by atoms with van der Waals surface area (Å²) >= 11 is 0. The molecule has 0 aromatic heterocycles. The van der Waals surface area contributed by atoms with Crippen molar-refractivity contribution in [3.63, 3.8) is 0 Å². The SMILES string of the molecule is Nc1cc(OC2=CC=CC(Oc3ccc(O)c(N)c3)(c3ccccc3)C2)ccc1O. The number of nitrogen functional groups attached to an aromatic ring is 2. The quantitative estimate of drug-likeness (QED) is 0.370. The molecule has 3 aromatic rings. The molecule has 0 aliphatic heterocycles. The van der Waals surface area contributed by atoms with Crippen LogP contribution in [-0.2, 0) is 5.60 Å². The van der Waals surface area contributed by atoms with Gasteiger partial charge in [-0.05, 0) is 42.0 Å². The molecular weight excluding hydrogens is 380 g/mol. The molecule has 1 atom stereocenters. The first-order valence-electron chi connectivity index (χ1n) is 9.43. The third kappa shape index (κ3) is 3.89. The Bertz CT molecular complexity index is 1130. The molecular formula is C24H22N2O4. The Morgan fingerprint density at radius 3 is 2.10 bits per heavy atom. The first-order chi connectivity index (χ1) is 14.4. The second-order valence-electron chi connectivity index (χ2n) is 7.07. The summed E-state index contributed by atoms with van der Waals surface area (Å²) in [6.45, 7) is 0. The second-order valence-corrected chi connectivity index (χ2v) is 7.07. The number of ether oxygens (including phenoxy) is 2. The number of nitrogens with two attached hydrogens (primary N) is 2. The Hall–Kier alpha value is -4.06. The lowest BCUT2D eigenvalue weighted by Gasteiger charge is -2.35. The average Bonchev–Trinajstić information content (AvgIpc) is 2.74. The maximum absolute atomic E-state index is 9.73. The normalized spacial score (nSPS) is 17.9. The topological polar surface area (TPSA) is 111 Å². The van der Waals surface area contributed by atoms with Gasteiger partial charge in [-0.3, -0.25) is 0 Å². The number of hydrogen-bond donors (Lipinski definition) is 4. The van der Waals surface area contributed by atoms with Crippen LogP contribution in [0.25, 0.3) is 0 Å². The van der Waals surface area contributed by atoms with Crippen LogP contribution < -0.4 is 20.9 Å². The molecule has 4 rings (SSSR count). The lowest BCUT2D eigenvalue weighted by Crippen LogP contribution is -2.33. The van der Waals surface area contributed by atoms with Crippen molar-refractivity contribution in [2.45, 2.75) is 12.0 Å². The Morgan fingerprint density at radius 2 is 1.43 bits per heavy atom. The molecule has 152 valence electrons. The third-order valence-electron chi connectivity index (χ3n) is 4.89. The lowest BCUT2D eigenvalue weighted by molar-refractivity contribution is 0.105. The van der Waals surface area contributed by atoms with Crippen LogP contribution in [0.15, 0.2) is 90.7 Å². The first-order valence-corrected chi connectivity index (χ1v) is 9.43. The number of rotatable bonds is 5. The average molecular weight is 402 g/mol. The molecule has 0 bridgehead atoms. The maximum atomic E-state index is 9.73. The smallest absolute Gasteiger partial charge is 0.159 e. The van der Waals surface area contributed by atoms with Crippen molar-refractivity contribution < 1.29 is 19.7 Å². The standard InChI is InChI=1S/C24H22N2O4/c25-20-13-17(8-10-22(20)27)29-19-7-4-12-24(15-19,16-5-2-1-3-6-16)30-18-9-11-23(28)21(26)14-18/h1-14,27-28H,15,25-26H2. The van der Waals surface area contributed by atoms with Gasteiger partial charge in [-0.2, -0.15) is 0 Å². The zero-order chi connectivity index (χ0) is 21.1. The van der Waals surface area contributed by atoms with Crippen LogP contribution >= 0.6 is 0 Å². The first kappa shape index (κ1) is 19.3. The Morgan fingerprint density at radius 1 is 0.800 bits per heavy atom. The van der Waals surface area contributed by atoms with Gasteiger partial charge in [-0.1, -0.05) is 36.4 Å². The summed E-state index contributed by atoms with van der Waals surface area (Å²) in [6.07, 6.45) is 6.11. The van der Waals surface area contributed by atoms with Crippen LogP contribution in [0.2, 0.25) is 0 Å². The highest BCUT2D eigenvalue weighted by molar-refractivity contribution is 5.56. The highest BCUT2D eigenvalue weighted by atomic mass is 16.5. The predicted molar refractivity (Wildman–Crippen MR) is 116 cm³/mol. The summed E-state index contributed by atoms with van der Waals surface area (Å²) in [5.41, 5.74) is 12.2. The lowest BCUT2D eigenvalue weighted by atomic mass is 9.86. The highest BCUT2D eigenvalue weighted by Crippen LogP contribution is 2.40. The minimum absolute atomic E-state index is 0.00383. The van der Waals surface area contributed by atoms with Crippen molar-refractivity contribution in [2.24, 2.45) is 0 Å². The number of hydrogen-bond acceptors (Lipinski definition) is 6. The zero-order valence-corrected chi connectivity index (χ0v) is 16.2. The van der Waals surface area contributed by atoms with Crippen LogP contribution in [0.1, 0.15) is 12.0 Å². The number of phenolic OH excluding ortho intramolecular Hbond substituents is 2. The van der Waals surface area contributed by atoms with E-state index < -0.39 is 5.60 Å². The Labute approximate surface area is 174 Å². The van der Waals surface area contributed by atoms with Gasteiger partial charge in [0.25, 0.3) is 0 Å². The van der Waals surface area contributed by atoms with Gasteiger partial charge >= 0.3 is 0 Å². The van der Waals surface area contributed by atoms with Gasteiger partial charge < -0.3 is 31.2 Å². The van der Waals surface area contributed by atoms with Gasteiger partial charge in [-0.25, -0.2) is 0 Å². The largest absolute Gasteiger partial charge is 0.506 e. The fourth-order valence-corrected chi connectivity index (χ4v) is 3.36.